The number of hydrogen-bond donors (Lipinski definition) is 0. The molecule has 0 bridgehead atoms. The van der Waals surface area contributed by atoms with Crippen LogP contribution in [0.1, 0.15) is 21.5 Å². The summed E-state index contributed by atoms with van der Waals surface area (Å²) < 4.78 is 6.25. The summed E-state index contributed by atoms with van der Waals surface area (Å²) in [4.78, 5) is 21.6. The van der Waals surface area contributed by atoms with Crippen molar-refractivity contribution in [1.82, 2.24) is 0 Å². The topological polar surface area (TPSA) is 69.4 Å². The van der Waals surface area contributed by atoms with Crippen LogP contribution in [0.4, 0.5) is 5.69 Å². The van der Waals surface area contributed by atoms with E-state index in [4.69, 9.17) is 4.74 Å². The number of carbonyl (C=O) groups excluding carboxylic acids is 1. The summed E-state index contributed by atoms with van der Waals surface area (Å²) in [6.07, 6.45) is 0.707. The van der Waals surface area contributed by atoms with Crippen molar-refractivity contribution in [2.45, 2.75) is 13.5 Å². The molecule has 0 saturated heterocycles. The van der Waals surface area contributed by atoms with Gasteiger partial charge in [-0.3, -0.25) is 14.9 Å². The van der Waals surface area contributed by atoms with Crippen LogP contribution < -0.4 is 4.74 Å². The van der Waals surface area contributed by atoms with Crippen LogP contribution in [-0.2, 0) is 6.61 Å². The van der Waals surface area contributed by atoms with Gasteiger partial charge in [-0.25, -0.2) is 0 Å². The standard InChI is InChI=1S/C15H12BrNO4/c1-10-3-2-4-11(8-18)15(10)21-9-12-5-6-13(16)7-14(12)17(19)20/h2-8H,9H2,1H3. The fraction of sp³-hybridized carbons (Fsp3) is 0.133. The van der Waals surface area contributed by atoms with Crippen LogP contribution in [0.3, 0.4) is 0 Å². The Morgan fingerprint density at radius 2 is 2.10 bits per heavy atom. The maximum atomic E-state index is 11.0. The number of nitro benzene ring substituents is 1. The Morgan fingerprint density at radius 3 is 2.76 bits per heavy atom. The van der Waals surface area contributed by atoms with E-state index in [0.717, 1.165) is 5.56 Å². The lowest BCUT2D eigenvalue weighted by Crippen LogP contribution is -2.03. The molecule has 2 aromatic carbocycles. The van der Waals surface area contributed by atoms with Crippen LogP contribution in [0.25, 0.3) is 0 Å². The second-order valence-corrected chi connectivity index (χ2v) is 5.35. The molecule has 0 aromatic heterocycles. The minimum Gasteiger partial charge on any atom is -0.488 e. The van der Waals surface area contributed by atoms with Gasteiger partial charge in [0.25, 0.3) is 5.69 Å². The number of aryl methyl sites for hydroxylation is 1. The van der Waals surface area contributed by atoms with E-state index in [1.165, 1.54) is 6.07 Å². The molecule has 0 unspecified atom stereocenters. The van der Waals surface area contributed by atoms with Crippen molar-refractivity contribution >= 4 is 27.9 Å². The lowest BCUT2D eigenvalue weighted by molar-refractivity contribution is -0.385. The maximum Gasteiger partial charge on any atom is 0.277 e. The number of halogens is 1. The van der Waals surface area contributed by atoms with E-state index in [9.17, 15) is 14.9 Å². The van der Waals surface area contributed by atoms with E-state index in [-0.39, 0.29) is 12.3 Å². The predicted molar refractivity (Wildman–Crippen MR) is 81.7 cm³/mol. The minimum absolute atomic E-state index is 0.0226. The number of nitro groups is 1. The van der Waals surface area contributed by atoms with Crippen LogP contribution in [0.5, 0.6) is 5.75 Å². The fourth-order valence-electron chi connectivity index (χ4n) is 1.94. The highest BCUT2D eigenvalue weighted by Gasteiger charge is 2.15. The number of hydrogen-bond acceptors (Lipinski definition) is 4. The molecule has 0 atom stereocenters. The van der Waals surface area contributed by atoms with Gasteiger partial charge in [0, 0.05) is 10.5 Å². The molecular formula is C15H12BrNO4. The summed E-state index contributed by atoms with van der Waals surface area (Å²) in [5, 5.41) is 11.0. The van der Waals surface area contributed by atoms with Gasteiger partial charge in [0.15, 0.2) is 6.29 Å². The molecule has 0 fully saturated rings. The Balaban J connectivity index is 2.29. The highest BCUT2D eigenvalue weighted by atomic mass is 79.9. The molecule has 2 rings (SSSR count). The SMILES string of the molecule is Cc1cccc(C=O)c1OCc1ccc(Br)cc1[N+](=O)[O-]. The highest BCUT2D eigenvalue weighted by molar-refractivity contribution is 9.10. The summed E-state index contributed by atoms with van der Waals surface area (Å²) in [6, 6.07) is 9.99. The van der Waals surface area contributed by atoms with E-state index in [2.05, 4.69) is 15.9 Å². The summed E-state index contributed by atoms with van der Waals surface area (Å²) in [5.41, 5.74) is 1.66. The molecule has 0 radical (unpaired) electrons. The predicted octanol–water partition coefficient (Wildman–Crippen LogP) is 4.06. The van der Waals surface area contributed by atoms with Gasteiger partial charge in [-0.1, -0.05) is 28.1 Å². The number of nitrogens with zero attached hydrogens (tertiary/aromatic N) is 1. The molecule has 5 nitrogen and oxygen atoms in total. The largest absolute Gasteiger partial charge is 0.488 e. The first-order valence-corrected chi connectivity index (χ1v) is 6.92. The molecule has 108 valence electrons. The van der Waals surface area contributed by atoms with E-state index in [1.807, 2.05) is 13.0 Å². The molecule has 0 amide bonds. The normalized spacial score (nSPS) is 10.2. The lowest BCUT2D eigenvalue weighted by atomic mass is 10.1. The number of aldehydes is 1. The van der Waals surface area contributed by atoms with Crippen molar-refractivity contribution in [2.24, 2.45) is 0 Å². The van der Waals surface area contributed by atoms with Gasteiger partial charge in [0.05, 0.1) is 16.1 Å². The number of ether oxygens (including phenoxy) is 1. The summed E-state index contributed by atoms with van der Waals surface area (Å²) in [7, 11) is 0. The van der Waals surface area contributed by atoms with E-state index < -0.39 is 4.92 Å². The first-order chi connectivity index (χ1) is 10.0. The Morgan fingerprint density at radius 1 is 1.33 bits per heavy atom. The molecule has 0 heterocycles. The van der Waals surface area contributed by atoms with Gasteiger partial charge in [-0.2, -0.15) is 0 Å². The van der Waals surface area contributed by atoms with Crippen molar-refractivity contribution in [3.63, 3.8) is 0 Å². The van der Waals surface area contributed by atoms with Gasteiger partial charge in [0.1, 0.15) is 12.4 Å². The molecule has 0 aliphatic carbocycles. The van der Waals surface area contributed by atoms with Crippen LogP contribution in [0, 0.1) is 17.0 Å². The smallest absolute Gasteiger partial charge is 0.277 e. The molecule has 0 saturated carbocycles. The molecule has 2 aromatic rings. The van der Waals surface area contributed by atoms with Crippen molar-refractivity contribution in [2.75, 3.05) is 0 Å². The number of rotatable bonds is 5. The van der Waals surface area contributed by atoms with E-state index in [0.29, 0.717) is 27.6 Å². The summed E-state index contributed by atoms with van der Waals surface area (Å²) >= 11 is 3.20. The Hall–Kier alpha value is -2.21. The monoisotopic (exact) mass is 349 g/mol. The number of carbonyl (C=O) groups is 1. The quantitative estimate of drug-likeness (QED) is 0.463. The minimum atomic E-state index is -0.456. The third-order valence-corrected chi connectivity index (χ3v) is 3.48. The molecule has 0 spiro atoms. The van der Waals surface area contributed by atoms with Crippen molar-refractivity contribution < 1.29 is 14.5 Å². The second kappa shape index (κ2) is 6.49. The summed E-state index contributed by atoms with van der Waals surface area (Å²) in [6.45, 7) is 1.84. The van der Waals surface area contributed by atoms with Crippen molar-refractivity contribution in [3.8, 4) is 5.75 Å². The zero-order chi connectivity index (χ0) is 15.4. The molecular weight excluding hydrogens is 338 g/mol. The molecule has 0 aliphatic heterocycles. The number of benzene rings is 2. The van der Waals surface area contributed by atoms with Crippen LogP contribution >= 0.6 is 15.9 Å². The lowest BCUT2D eigenvalue weighted by Gasteiger charge is -2.11. The van der Waals surface area contributed by atoms with Crippen molar-refractivity contribution in [1.29, 1.82) is 0 Å². The third-order valence-electron chi connectivity index (χ3n) is 2.99. The average Bonchev–Trinajstić information content (AvgIpc) is 2.46. The molecule has 6 heteroatoms. The Labute approximate surface area is 129 Å². The number of para-hydroxylation sites is 1. The molecule has 21 heavy (non-hydrogen) atoms. The van der Waals surface area contributed by atoms with E-state index in [1.54, 1.807) is 24.3 Å². The van der Waals surface area contributed by atoms with Gasteiger partial charge in [0.2, 0.25) is 0 Å². The van der Waals surface area contributed by atoms with Gasteiger partial charge < -0.3 is 4.74 Å². The maximum absolute atomic E-state index is 11.0. The average molecular weight is 350 g/mol. The Kier molecular flexibility index (Phi) is 4.70. The Bertz CT molecular complexity index is 700. The first kappa shape index (κ1) is 15.2. The summed E-state index contributed by atoms with van der Waals surface area (Å²) in [5.74, 6) is 0.449. The van der Waals surface area contributed by atoms with Crippen molar-refractivity contribution in [3.05, 3.63) is 67.7 Å². The van der Waals surface area contributed by atoms with Crippen LogP contribution in [0.15, 0.2) is 40.9 Å². The third kappa shape index (κ3) is 3.46. The zero-order valence-corrected chi connectivity index (χ0v) is 12.8. The van der Waals surface area contributed by atoms with Crippen LogP contribution in [0.2, 0.25) is 0 Å². The fourth-order valence-corrected chi connectivity index (χ4v) is 2.29. The molecule has 0 N–H and O–H groups in total. The molecule has 0 aliphatic rings. The van der Waals surface area contributed by atoms with Crippen LogP contribution in [-0.4, -0.2) is 11.2 Å². The zero-order valence-electron chi connectivity index (χ0n) is 11.2. The van der Waals surface area contributed by atoms with E-state index >= 15 is 0 Å². The highest BCUT2D eigenvalue weighted by Crippen LogP contribution is 2.27. The first-order valence-electron chi connectivity index (χ1n) is 6.13. The van der Waals surface area contributed by atoms with Gasteiger partial charge >= 0.3 is 0 Å². The van der Waals surface area contributed by atoms with Gasteiger partial charge in [-0.15, -0.1) is 0 Å². The van der Waals surface area contributed by atoms with Gasteiger partial charge in [-0.05, 0) is 30.7 Å². The second-order valence-electron chi connectivity index (χ2n) is 4.43.